The Hall–Kier alpha value is -3.18. The predicted molar refractivity (Wildman–Crippen MR) is 110 cm³/mol. The number of aromatic amines is 1. The number of benzene rings is 3. The molecule has 1 aromatic heterocycles. The van der Waals surface area contributed by atoms with E-state index in [4.69, 9.17) is 10.5 Å². The standard InChI is InChI=1S/C23H22FN3O/c1-15(25)22(13-16-5-3-2-4-6-16)28-19-11-12-21-20(14-19)23(27-26-21)17-7-9-18(24)10-8-17/h2-12,14-15,22H,13,25H2,1H3,(H,26,27)/t15-,22+/m0/s1. The van der Waals surface area contributed by atoms with Crippen molar-refractivity contribution >= 4 is 10.9 Å². The van der Waals surface area contributed by atoms with Crippen LogP contribution >= 0.6 is 0 Å². The van der Waals surface area contributed by atoms with Gasteiger partial charge in [0.2, 0.25) is 0 Å². The first kappa shape index (κ1) is 18.2. The summed E-state index contributed by atoms with van der Waals surface area (Å²) in [6, 6.07) is 22.2. The summed E-state index contributed by atoms with van der Waals surface area (Å²) in [7, 11) is 0. The maximum Gasteiger partial charge on any atom is 0.123 e. The van der Waals surface area contributed by atoms with Gasteiger partial charge in [-0.25, -0.2) is 4.39 Å². The Morgan fingerprint density at radius 3 is 2.50 bits per heavy atom. The molecule has 142 valence electrons. The minimum atomic E-state index is -0.270. The highest BCUT2D eigenvalue weighted by Gasteiger charge is 2.18. The van der Waals surface area contributed by atoms with Crippen LogP contribution in [0.15, 0.2) is 72.8 Å². The van der Waals surface area contributed by atoms with E-state index < -0.39 is 0 Å². The summed E-state index contributed by atoms with van der Waals surface area (Å²) in [6.45, 7) is 1.95. The van der Waals surface area contributed by atoms with Gasteiger partial charge in [0, 0.05) is 23.4 Å². The molecule has 4 aromatic rings. The molecule has 3 aromatic carbocycles. The van der Waals surface area contributed by atoms with E-state index >= 15 is 0 Å². The predicted octanol–water partition coefficient (Wildman–Crippen LogP) is 4.71. The van der Waals surface area contributed by atoms with E-state index in [1.54, 1.807) is 12.1 Å². The van der Waals surface area contributed by atoms with Crippen molar-refractivity contribution in [1.82, 2.24) is 10.2 Å². The summed E-state index contributed by atoms with van der Waals surface area (Å²) in [4.78, 5) is 0. The number of aromatic nitrogens is 2. The smallest absolute Gasteiger partial charge is 0.123 e. The van der Waals surface area contributed by atoms with Crippen molar-refractivity contribution < 1.29 is 9.13 Å². The number of nitrogens with one attached hydrogen (secondary N) is 1. The van der Waals surface area contributed by atoms with E-state index in [0.29, 0.717) is 0 Å². The summed E-state index contributed by atoms with van der Waals surface area (Å²) in [5.74, 6) is 0.462. The second-order valence-electron chi connectivity index (χ2n) is 6.99. The average molecular weight is 375 g/mol. The van der Waals surface area contributed by atoms with Crippen LogP contribution in [0.3, 0.4) is 0 Å². The van der Waals surface area contributed by atoms with Crippen LogP contribution in [0.4, 0.5) is 4.39 Å². The number of fused-ring (bicyclic) bond motifs is 1. The Bertz CT molecular complexity index is 1060. The molecule has 0 radical (unpaired) electrons. The summed E-state index contributed by atoms with van der Waals surface area (Å²) in [5.41, 5.74) is 9.87. The number of ether oxygens (including phenoxy) is 1. The first-order valence-electron chi connectivity index (χ1n) is 9.30. The molecule has 0 aliphatic carbocycles. The zero-order valence-electron chi connectivity index (χ0n) is 15.6. The van der Waals surface area contributed by atoms with Gasteiger partial charge in [-0.3, -0.25) is 5.10 Å². The van der Waals surface area contributed by atoms with Gasteiger partial charge in [-0.15, -0.1) is 0 Å². The summed E-state index contributed by atoms with van der Waals surface area (Å²) in [6.07, 6.45) is 0.577. The molecule has 5 heteroatoms. The number of halogens is 1. The van der Waals surface area contributed by atoms with Crippen molar-refractivity contribution in [3.05, 3.63) is 84.2 Å². The van der Waals surface area contributed by atoms with Crippen LogP contribution in [0.25, 0.3) is 22.2 Å². The number of hydrogen-bond donors (Lipinski definition) is 2. The molecule has 4 nitrogen and oxygen atoms in total. The largest absolute Gasteiger partial charge is 0.488 e. The molecule has 1 heterocycles. The maximum atomic E-state index is 13.2. The van der Waals surface area contributed by atoms with E-state index in [-0.39, 0.29) is 18.0 Å². The van der Waals surface area contributed by atoms with Gasteiger partial charge in [0.1, 0.15) is 23.4 Å². The lowest BCUT2D eigenvalue weighted by Crippen LogP contribution is -2.38. The molecule has 0 spiro atoms. The van der Waals surface area contributed by atoms with E-state index in [1.807, 2.05) is 43.3 Å². The molecule has 0 saturated carbocycles. The number of hydrogen-bond acceptors (Lipinski definition) is 3. The fourth-order valence-corrected chi connectivity index (χ4v) is 3.25. The Balaban J connectivity index is 1.63. The first-order chi connectivity index (χ1) is 13.6. The van der Waals surface area contributed by atoms with Crippen LogP contribution in [-0.2, 0) is 6.42 Å². The molecular weight excluding hydrogens is 353 g/mol. The molecular formula is C23H22FN3O. The van der Waals surface area contributed by atoms with Crippen LogP contribution in [-0.4, -0.2) is 22.3 Å². The molecule has 2 atom stereocenters. The van der Waals surface area contributed by atoms with E-state index in [9.17, 15) is 4.39 Å². The Morgan fingerprint density at radius 1 is 1.04 bits per heavy atom. The molecule has 3 N–H and O–H groups in total. The SMILES string of the molecule is C[C@H](N)[C@@H](Cc1ccccc1)Oc1ccc2[nH]nc(-c3ccc(F)cc3)c2c1. The van der Waals surface area contributed by atoms with E-state index in [2.05, 4.69) is 22.3 Å². The molecule has 0 bridgehead atoms. The van der Waals surface area contributed by atoms with E-state index in [1.165, 1.54) is 17.7 Å². The zero-order chi connectivity index (χ0) is 19.5. The van der Waals surface area contributed by atoms with Crippen molar-refractivity contribution in [2.45, 2.75) is 25.5 Å². The lowest BCUT2D eigenvalue weighted by Gasteiger charge is -2.23. The molecule has 0 aliphatic rings. The minimum Gasteiger partial charge on any atom is -0.488 e. The molecule has 0 amide bonds. The quantitative estimate of drug-likeness (QED) is 0.513. The van der Waals surface area contributed by atoms with Crippen molar-refractivity contribution in [3.8, 4) is 17.0 Å². The monoisotopic (exact) mass is 375 g/mol. The number of nitrogens with zero attached hydrogens (tertiary/aromatic N) is 1. The van der Waals surface area contributed by atoms with Crippen molar-refractivity contribution in [2.75, 3.05) is 0 Å². The second kappa shape index (κ2) is 7.82. The summed E-state index contributed by atoms with van der Waals surface area (Å²) < 4.78 is 19.5. The summed E-state index contributed by atoms with van der Waals surface area (Å²) in [5, 5.41) is 8.33. The minimum absolute atomic E-state index is 0.128. The highest BCUT2D eigenvalue weighted by Crippen LogP contribution is 2.30. The first-order valence-corrected chi connectivity index (χ1v) is 9.30. The molecule has 0 aliphatic heterocycles. The molecule has 0 unspecified atom stereocenters. The van der Waals surface area contributed by atoms with Gasteiger partial charge < -0.3 is 10.5 Å². The van der Waals surface area contributed by atoms with Gasteiger partial charge in [-0.05, 0) is 55.0 Å². The van der Waals surface area contributed by atoms with Crippen LogP contribution in [0.1, 0.15) is 12.5 Å². The van der Waals surface area contributed by atoms with Crippen LogP contribution in [0.5, 0.6) is 5.75 Å². The van der Waals surface area contributed by atoms with Crippen LogP contribution in [0.2, 0.25) is 0 Å². The zero-order valence-corrected chi connectivity index (χ0v) is 15.6. The van der Waals surface area contributed by atoms with E-state index in [0.717, 1.165) is 34.3 Å². The van der Waals surface area contributed by atoms with Crippen LogP contribution < -0.4 is 10.5 Å². The van der Waals surface area contributed by atoms with Gasteiger partial charge >= 0.3 is 0 Å². The van der Waals surface area contributed by atoms with Gasteiger partial charge in [-0.2, -0.15) is 5.10 Å². The third-order valence-electron chi connectivity index (χ3n) is 4.81. The van der Waals surface area contributed by atoms with Gasteiger partial charge in [0.25, 0.3) is 0 Å². The lowest BCUT2D eigenvalue weighted by molar-refractivity contribution is 0.177. The highest BCUT2D eigenvalue weighted by atomic mass is 19.1. The molecule has 4 rings (SSSR count). The van der Waals surface area contributed by atoms with Crippen molar-refractivity contribution in [2.24, 2.45) is 5.73 Å². The normalized spacial score (nSPS) is 13.4. The third kappa shape index (κ3) is 3.89. The van der Waals surface area contributed by atoms with Gasteiger partial charge in [0.05, 0.1) is 5.52 Å². The number of nitrogens with two attached hydrogens (primary N) is 1. The Labute approximate surface area is 163 Å². The fourth-order valence-electron chi connectivity index (χ4n) is 3.25. The summed E-state index contributed by atoms with van der Waals surface area (Å²) >= 11 is 0. The van der Waals surface area contributed by atoms with Crippen molar-refractivity contribution in [3.63, 3.8) is 0 Å². The number of rotatable bonds is 6. The second-order valence-corrected chi connectivity index (χ2v) is 6.99. The van der Waals surface area contributed by atoms with Crippen LogP contribution in [0, 0.1) is 5.82 Å². The lowest BCUT2D eigenvalue weighted by atomic mass is 10.0. The molecule has 0 fully saturated rings. The number of H-pyrrole nitrogens is 1. The average Bonchev–Trinajstić information content (AvgIpc) is 3.12. The Kier molecular flexibility index (Phi) is 5.08. The van der Waals surface area contributed by atoms with Gasteiger partial charge in [0.15, 0.2) is 0 Å². The highest BCUT2D eigenvalue weighted by molar-refractivity contribution is 5.93. The third-order valence-corrected chi connectivity index (χ3v) is 4.81. The maximum absolute atomic E-state index is 13.2. The Morgan fingerprint density at radius 2 is 1.79 bits per heavy atom. The van der Waals surface area contributed by atoms with Gasteiger partial charge in [-0.1, -0.05) is 30.3 Å². The topological polar surface area (TPSA) is 63.9 Å². The fraction of sp³-hybridized carbons (Fsp3) is 0.174. The molecule has 28 heavy (non-hydrogen) atoms. The van der Waals surface area contributed by atoms with Crippen molar-refractivity contribution in [1.29, 1.82) is 0 Å². The molecule has 0 saturated heterocycles.